The first kappa shape index (κ1) is 16.6. The average Bonchev–Trinajstić information content (AvgIpc) is 2.28. The van der Waals surface area contributed by atoms with Crippen LogP contribution in [0.3, 0.4) is 0 Å². The molecule has 0 aromatic heterocycles. The van der Waals surface area contributed by atoms with Crippen LogP contribution < -0.4 is 15.5 Å². The van der Waals surface area contributed by atoms with Gasteiger partial charge in [-0.3, -0.25) is 0 Å². The van der Waals surface area contributed by atoms with Gasteiger partial charge < -0.3 is 30.2 Å². The molecular formula is C9H12F3NO5-2. The topological polar surface area (TPSA) is 113 Å². The number of nitrogens with one attached hydrogen (secondary N) is 1. The van der Waals surface area contributed by atoms with Gasteiger partial charge in [-0.05, 0) is 31.8 Å². The van der Waals surface area contributed by atoms with Gasteiger partial charge in [0.2, 0.25) is 0 Å². The lowest BCUT2D eigenvalue weighted by Crippen LogP contribution is -2.42. The van der Waals surface area contributed by atoms with Crippen molar-refractivity contribution in [2.45, 2.75) is 25.1 Å². The van der Waals surface area contributed by atoms with Crippen LogP contribution in [0.5, 0.6) is 0 Å². The Morgan fingerprint density at radius 2 is 1.56 bits per heavy atom. The van der Waals surface area contributed by atoms with E-state index in [1.54, 1.807) is 0 Å². The number of alkyl halides is 3. The number of hydrogen-bond acceptors (Lipinski definition) is 6. The van der Waals surface area contributed by atoms with E-state index in [4.69, 9.17) is 24.9 Å². The van der Waals surface area contributed by atoms with Crippen LogP contribution in [-0.4, -0.2) is 42.4 Å². The van der Waals surface area contributed by atoms with Crippen LogP contribution in [-0.2, 0) is 9.59 Å². The van der Waals surface area contributed by atoms with E-state index < -0.39 is 30.1 Å². The van der Waals surface area contributed by atoms with Gasteiger partial charge in [-0.25, -0.2) is 0 Å². The molecule has 1 heterocycles. The molecule has 2 N–H and O–H groups in total. The monoisotopic (exact) mass is 271 g/mol. The summed E-state index contributed by atoms with van der Waals surface area (Å²) in [6.45, 7) is 1.13. The van der Waals surface area contributed by atoms with Crippen molar-refractivity contribution < 1.29 is 38.1 Å². The van der Waals surface area contributed by atoms with E-state index >= 15 is 0 Å². The van der Waals surface area contributed by atoms with Gasteiger partial charge >= 0.3 is 6.18 Å². The highest BCUT2D eigenvalue weighted by Gasteiger charge is 2.43. The maximum atomic E-state index is 12.0. The van der Waals surface area contributed by atoms with E-state index in [-0.39, 0.29) is 0 Å². The minimum absolute atomic E-state index is 0.403. The molecule has 0 aromatic rings. The fourth-order valence-corrected chi connectivity index (χ4v) is 1.43. The molecule has 0 bridgehead atoms. The summed E-state index contributed by atoms with van der Waals surface area (Å²) in [7, 11) is 0. The standard InChI is InChI=1S/C7H12F3NO.C2H2O4/c8-7(9,10)6(12)5-1-3-11-4-2-5;3-1(4)2(5)6/h5-6,11-12H,1-4H2;(H,3,4)(H,5,6)/p-2. The van der Waals surface area contributed by atoms with Gasteiger partial charge in [-0.2, -0.15) is 13.2 Å². The van der Waals surface area contributed by atoms with Crippen LogP contribution in [0.4, 0.5) is 13.2 Å². The van der Waals surface area contributed by atoms with Crippen LogP contribution in [0, 0.1) is 5.92 Å². The van der Waals surface area contributed by atoms with Crippen LogP contribution >= 0.6 is 0 Å². The molecule has 0 amide bonds. The zero-order valence-electron chi connectivity index (χ0n) is 9.20. The molecule has 1 fully saturated rings. The molecule has 0 radical (unpaired) electrons. The molecule has 1 unspecified atom stereocenters. The summed E-state index contributed by atoms with van der Waals surface area (Å²) in [4.78, 5) is 17.9. The molecule has 1 aliphatic rings. The molecular weight excluding hydrogens is 259 g/mol. The third-order valence-electron chi connectivity index (χ3n) is 2.33. The molecule has 6 nitrogen and oxygen atoms in total. The van der Waals surface area contributed by atoms with Crippen LogP contribution in [0.1, 0.15) is 12.8 Å². The smallest absolute Gasteiger partial charge is 0.414 e. The lowest BCUT2D eigenvalue weighted by Gasteiger charge is -2.28. The Bertz CT molecular complexity index is 276. The minimum Gasteiger partial charge on any atom is -0.543 e. The third-order valence-corrected chi connectivity index (χ3v) is 2.33. The molecule has 0 saturated carbocycles. The number of piperidine rings is 1. The number of rotatable bonds is 1. The maximum Gasteiger partial charge on any atom is 0.414 e. The number of carboxylic acid groups (broad SMARTS) is 2. The average molecular weight is 271 g/mol. The Balaban J connectivity index is 0.000000411. The van der Waals surface area contributed by atoms with Crippen molar-refractivity contribution in [1.29, 1.82) is 0 Å². The van der Waals surface area contributed by atoms with Gasteiger partial charge in [0.1, 0.15) is 0 Å². The summed E-state index contributed by atoms with van der Waals surface area (Å²) in [5.41, 5.74) is 0. The SMILES string of the molecule is O=C([O-])C(=O)[O-].OC(C1CCNCC1)C(F)(F)F. The van der Waals surface area contributed by atoms with Crippen molar-refractivity contribution in [1.82, 2.24) is 5.32 Å². The first-order valence-corrected chi connectivity index (χ1v) is 5.04. The predicted octanol–water partition coefficient (Wildman–Crippen LogP) is -2.60. The molecule has 1 aliphatic heterocycles. The van der Waals surface area contributed by atoms with Gasteiger partial charge in [-0.15, -0.1) is 0 Å². The number of carbonyl (C=O) groups is 2. The molecule has 9 heteroatoms. The zero-order valence-corrected chi connectivity index (χ0v) is 9.20. The van der Waals surface area contributed by atoms with Crippen molar-refractivity contribution in [3.8, 4) is 0 Å². The number of halogens is 3. The number of aliphatic hydroxyl groups excluding tert-OH is 1. The van der Waals surface area contributed by atoms with Crippen LogP contribution in [0.25, 0.3) is 0 Å². The number of aliphatic hydroxyl groups is 1. The van der Waals surface area contributed by atoms with E-state index in [1.807, 2.05) is 0 Å². The molecule has 1 atom stereocenters. The van der Waals surface area contributed by atoms with Gasteiger partial charge in [0, 0.05) is 0 Å². The first-order chi connectivity index (χ1) is 8.16. The second-order valence-corrected chi connectivity index (χ2v) is 3.65. The lowest BCUT2D eigenvalue weighted by molar-refractivity contribution is -0.345. The van der Waals surface area contributed by atoms with Crippen LogP contribution in [0.2, 0.25) is 0 Å². The van der Waals surface area contributed by atoms with Crippen molar-refractivity contribution >= 4 is 11.9 Å². The minimum atomic E-state index is -4.46. The van der Waals surface area contributed by atoms with Crippen LogP contribution in [0.15, 0.2) is 0 Å². The fraction of sp³-hybridized carbons (Fsp3) is 0.778. The van der Waals surface area contributed by atoms with Crippen molar-refractivity contribution in [3.05, 3.63) is 0 Å². The van der Waals surface area contributed by atoms with E-state index in [9.17, 15) is 13.2 Å². The summed E-state index contributed by atoms with van der Waals surface area (Å²) in [5, 5.41) is 29.7. The summed E-state index contributed by atoms with van der Waals surface area (Å²) >= 11 is 0. The van der Waals surface area contributed by atoms with Gasteiger partial charge in [-0.1, -0.05) is 0 Å². The number of aliphatic carboxylic acids is 2. The molecule has 18 heavy (non-hydrogen) atoms. The van der Waals surface area contributed by atoms with Crippen molar-refractivity contribution in [2.24, 2.45) is 5.92 Å². The summed E-state index contributed by atoms with van der Waals surface area (Å²) in [6.07, 6.45) is -5.79. The number of carboxylic acids is 2. The highest BCUT2D eigenvalue weighted by molar-refractivity contribution is 6.25. The Hall–Kier alpha value is -1.35. The molecule has 106 valence electrons. The highest BCUT2D eigenvalue weighted by Crippen LogP contribution is 2.29. The molecule has 0 aliphatic carbocycles. The van der Waals surface area contributed by atoms with Gasteiger partial charge in [0.05, 0.1) is 11.9 Å². The van der Waals surface area contributed by atoms with Gasteiger partial charge in [0.25, 0.3) is 0 Å². The molecule has 0 aromatic carbocycles. The van der Waals surface area contributed by atoms with E-state index in [0.29, 0.717) is 25.9 Å². The Labute approximate surface area is 100 Å². The summed E-state index contributed by atoms with van der Waals surface area (Å²) in [5.74, 6) is -4.99. The third kappa shape index (κ3) is 6.40. The normalized spacial score (nSPS) is 18.4. The predicted molar refractivity (Wildman–Crippen MR) is 47.7 cm³/mol. The first-order valence-electron chi connectivity index (χ1n) is 5.04. The number of carbonyl (C=O) groups excluding carboxylic acids is 2. The molecule has 1 rings (SSSR count). The Kier molecular flexibility index (Phi) is 6.63. The fourth-order valence-electron chi connectivity index (χ4n) is 1.43. The molecule has 1 saturated heterocycles. The van der Waals surface area contributed by atoms with E-state index in [2.05, 4.69) is 5.32 Å². The van der Waals surface area contributed by atoms with Gasteiger partial charge in [0.15, 0.2) is 6.10 Å². The summed E-state index contributed by atoms with van der Waals surface area (Å²) in [6, 6.07) is 0. The summed E-state index contributed by atoms with van der Waals surface area (Å²) < 4.78 is 35.9. The Morgan fingerprint density at radius 3 is 1.83 bits per heavy atom. The van der Waals surface area contributed by atoms with E-state index in [0.717, 1.165) is 0 Å². The second-order valence-electron chi connectivity index (χ2n) is 3.65. The Morgan fingerprint density at radius 1 is 1.17 bits per heavy atom. The highest BCUT2D eigenvalue weighted by atomic mass is 19.4. The maximum absolute atomic E-state index is 12.0. The largest absolute Gasteiger partial charge is 0.543 e. The lowest BCUT2D eigenvalue weighted by atomic mass is 9.92. The zero-order chi connectivity index (χ0) is 14.3. The molecule has 0 spiro atoms. The number of hydrogen-bond donors (Lipinski definition) is 2. The van der Waals surface area contributed by atoms with Crippen molar-refractivity contribution in [2.75, 3.05) is 13.1 Å². The van der Waals surface area contributed by atoms with E-state index in [1.165, 1.54) is 0 Å². The van der Waals surface area contributed by atoms with Crippen molar-refractivity contribution in [3.63, 3.8) is 0 Å². The quantitative estimate of drug-likeness (QED) is 0.505. The second kappa shape index (κ2) is 7.17.